The third-order valence-electron chi connectivity index (χ3n) is 5.95. The number of hydrogen-bond acceptors (Lipinski definition) is 6. The van der Waals surface area contributed by atoms with Crippen LogP contribution in [0.15, 0.2) is 42.5 Å². The predicted molar refractivity (Wildman–Crippen MR) is 121 cm³/mol. The first-order valence-corrected chi connectivity index (χ1v) is 11.1. The van der Waals surface area contributed by atoms with Crippen LogP contribution in [0.4, 0.5) is 8.78 Å². The fourth-order valence-electron chi connectivity index (χ4n) is 4.13. The van der Waals surface area contributed by atoms with Gasteiger partial charge >= 0.3 is 6.61 Å². The Morgan fingerprint density at radius 2 is 1.91 bits per heavy atom. The first-order valence-electron chi connectivity index (χ1n) is 11.1. The van der Waals surface area contributed by atoms with Crippen LogP contribution in [-0.4, -0.2) is 45.7 Å². The molecule has 0 atom stereocenters. The van der Waals surface area contributed by atoms with Crippen molar-refractivity contribution >= 4 is 12.0 Å². The summed E-state index contributed by atoms with van der Waals surface area (Å²) in [6.45, 7) is 0.934. The van der Waals surface area contributed by atoms with Crippen LogP contribution in [0.1, 0.15) is 30.9 Å². The van der Waals surface area contributed by atoms with E-state index in [1.807, 2.05) is 18.2 Å². The summed E-state index contributed by atoms with van der Waals surface area (Å²) in [5.41, 5.74) is 1.41. The second-order valence-corrected chi connectivity index (χ2v) is 8.03. The molecule has 1 amide bonds. The summed E-state index contributed by atoms with van der Waals surface area (Å²) >= 11 is 0. The summed E-state index contributed by atoms with van der Waals surface area (Å²) in [5.74, 6) is 1.30. The van der Waals surface area contributed by atoms with Crippen LogP contribution in [0.25, 0.3) is 6.08 Å². The Hall–Kier alpha value is -3.33. The molecule has 0 aromatic heterocycles. The van der Waals surface area contributed by atoms with Gasteiger partial charge in [-0.15, -0.1) is 0 Å². The molecule has 2 aliphatic rings. The van der Waals surface area contributed by atoms with Gasteiger partial charge < -0.3 is 29.0 Å². The summed E-state index contributed by atoms with van der Waals surface area (Å²) in [4.78, 5) is 12.6. The Balaban J connectivity index is 1.44. The molecule has 7 nitrogen and oxygen atoms in total. The van der Waals surface area contributed by atoms with Gasteiger partial charge in [-0.25, -0.2) is 0 Å². The maximum atomic E-state index is 12.6. The van der Waals surface area contributed by atoms with Gasteiger partial charge in [0.1, 0.15) is 0 Å². The van der Waals surface area contributed by atoms with Crippen LogP contribution in [0.3, 0.4) is 0 Å². The van der Waals surface area contributed by atoms with E-state index in [-0.39, 0.29) is 29.6 Å². The van der Waals surface area contributed by atoms with E-state index >= 15 is 0 Å². The molecule has 1 N–H and O–H groups in total. The van der Waals surface area contributed by atoms with E-state index in [0.717, 1.165) is 18.4 Å². The normalized spacial score (nSPS) is 16.6. The molecule has 1 fully saturated rings. The topological polar surface area (TPSA) is 75.3 Å². The van der Waals surface area contributed by atoms with Crippen LogP contribution in [0.5, 0.6) is 23.0 Å². The van der Waals surface area contributed by atoms with Gasteiger partial charge in [0.05, 0.1) is 6.61 Å². The molecule has 2 aliphatic heterocycles. The molecule has 0 spiro atoms. The average molecular weight is 475 g/mol. The van der Waals surface area contributed by atoms with Gasteiger partial charge in [-0.1, -0.05) is 12.1 Å². The van der Waals surface area contributed by atoms with Gasteiger partial charge in [-0.05, 0) is 61.2 Å². The summed E-state index contributed by atoms with van der Waals surface area (Å²) < 4.78 is 51.5. The molecule has 4 rings (SSSR count). The highest BCUT2D eigenvalue weighted by atomic mass is 19.3. The first-order chi connectivity index (χ1) is 16.5. The molecule has 34 heavy (non-hydrogen) atoms. The van der Waals surface area contributed by atoms with Gasteiger partial charge in [0.2, 0.25) is 12.7 Å². The lowest BCUT2D eigenvalue weighted by Crippen LogP contribution is -2.44. The van der Waals surface area contributed by atoms with E-state index < -0.39 is 6.61 Å². The Morgan fingerprint density at radius 1 is 1.12 bits per heavy atom. The highest BCUT2D eigenvalue weighted by Crippen LogP contribution is 2.40. The lowest BCUT2D eigenvalue weighted by atomic mass is 9.74. The maximum Gasteiger partial charge on any atom is 0.387 e. The minimum Gasteiger partial charge on any atom is -0.490 e. The van der Waals surface area contributed by atoms with Crippen LogP contribution >= 0.6 is 0 Å². The van der Waals surface area contributed by atoms with Crippen LogP contribution in [0, 0.1) is 0 Å². The molecule has 9 heteroatoms. The van der Waals surface area contributed by atoms with Gasteiger partial charge in [0.15, 0.2) is 23.0 Å². The van der Waals surface area contributed by atoms with E-state index in [1.54, 1.807) is 25.1 Å². The molecule has 2 aromatic carbocycles. The first kappa shape index (κ1) is 23.8. The zero-order valence-corrected chi connectivity index (χ0v) is 18.9. The molecule has 0 radical (unpaired) electrons. The number of alkyl halides is 2. The van der Waals surface area contributed by atoms with Crippen LogP contribution in [0.2, 0.25) is 0 Å². The van der Waals surface area contributed by atoms with Crippen molar-refractivity contribution in [2.45, 2.75) is 31.8 Å². The Labute approximate surface area is 196 Å². The van der Waals surface area contributed by atoms with Crippen molar-refractivity contribution < 1.29 is 37.3 Å². The van der Waals surface area contributed by atoms with Gasteiger partial charge in [0.25, 0.3) is 0 Å². The second-order valence-electron chi connectivity index (χ2n) is 8.03. The molecule has 0 aliphatic carbocycles. The van der Waals surface area contributed by atoms with Crippen molar-refractivity contribution in [2.75, 3.05) is 33.2 Å². The van der Waals surface area contributed by atoms with Crippen molar-refractivity contribution in [3.05, 3.63) is 53.6 Å². The number of amides is 1. The number of ether oxygens (including phenoxy) is 5. The lowest BCUT2D eigenvalue weighted by molar-refractivity contribution is -0.116. The molecule has 2 aromatic rings. The van der Waals surface area contributed by atoms with Gasteiger partial charge in [-0.3, -0.25) is 4.79 Å². The number of fused-ring (bicyclic) bond motifs is 1. The average Bonchev–Trinajstić information content (AvgIpc) is 3.31. The van der Waals surface area contributed by atoms with E-state index in [2.05, 4.69) is 10.1 Å². The van der Waals surface area contributed by atoms with E-state index in [9.17, 15) is 13.6 Å². The SMILES string of the molecule is CCOc1cc(/C=C/C(=O)NCC2(c3ccc4c(c3)OCO4)CCOCC2)ccc1OC(F)F. The summed E-state index contributed by atoms with van der Waals surface area (Å²) in [7, 11) is 0. The number of hydrogen-bond donors (Lipinski definition) is 1. The van der Waals surface area contributed by atoms with Gasteiger partial charge in [0, 0.05) is 31.2 Å². The smallest absolute Gasteiger partial charge is 0.387 e. The van der Waals surface area contributed by atoms with E-state index in [4.69, 9.17) is 18.9 Å². The number of halogens is 2. The fraction of sp³-hybridized carbons (Fsp3) is 0.400. The third-order valence-corrected chi connectivity index (χ3v) is 5.95. The summed E-state index contributed by atoms with van der Waals surface area (Å²) in [6.07, 6.45) is 4.53. The number of carbonyl (C=O) groups excluding carboxylic acids is 1. The number of carbonyl (C=O) groups is 1. The summed E-state index contributed by atoms with van der Waals surface area (Å²) in [6, 6.07) is 10.4. The van der Waals surface area contributed by atoms with Gasteiger partial charge in [-0.2, -0.15) is 8.78 Å². The minimum absolute atomic E-state index is 0.0522. The second kappa shape index (κ2) is 10.7. The van der Waals surface area contributed by atoms with Crippen molar-refractivity contribution in [3.63, 3.8) is 0 Å². The third kappa shape index (κ3) is 5.59. The fourth-order valence-corrected chi connectivity index (χ4v) is 4.13. The van der Waals surface area contributed by atoms with Crippen LogP contribution < -0.4 is 24.3 Å². The number of rotatable bonds is 9. The number of benzene rings is 2. The lowest BCUT2D eigenvalue weighted by Gasteiger charge is -2.38. The molecule has 182 valence electrons. The monoisotopic (exact) mass is 475 g/mol. The predicted octanol–water partition coefficient (Wildman–Crippen LogP) is 4.29. The molecule has 0 saturated carbocycles. The number of nitrogens with one attached hydrogen (secondary N) is 1. The zero-order valence-electron chi connectivity index (χ0n) is 18.9. The summed E-state index contributed by atoms with van der Waals surface area (Å²) in [5, 5.41) is 3.00. The minimum atomic E-state index is -2.95. The zero-order chi connectivity index (χ0) is 24.0. The van der Waals surface area contributed by atoms with E-state index in [0.29, 0.717) is 43.4 Å². The van der Waals surface area contributed by atoms with Crippen molar-refractivity contribution in [1.29, 1.82) is 0 Å². The molecule has 0 unspecified atom stereocenters. The largest absolute Gasteiger partial charge is 0.490 e. The molecule has 1 saturated heterocycles. The molecule has 2 heterocycles. The van der Waals surface area contributed by atoms with Crippen molar-refractivity contribution in [3.8, 4) is 23.0 Å². The standard InChI is InChI=1S/C25H27F2NO6/c1-2-31-21-13-17(3-6-20(21)34-24(26)27)4-8-23(29)28-15-25(9-11-30-12-10-25)18-5-7-19-22(14-18)33-16-32-19/h3-8,13-14,24H,2,9-12,15-16H2,1H3,(H,28,29)/b8-4+. The molecule has 0 bridgehead atoms. The van der Waals surface area contributed by atoms with Crippen molar-refractivity contribution in [2.24, 2.45) is 0 Å². The highest BCUT2D eigenvalue weighted by molar-refractivity contribution is 5.91. The van der Waals surface area contributed by atoms with Crippen LogP contribution in [-0.2, 0) is 14.9 Å². The molecular weight excluding hydrogens is 448 g/mol. The highest BCUT2D eigenvalue weighted by Gasteiger charge is 2.36. The molecular formula is C25H27F2NO6. The van der Waals surface area contributed by atoms with E-state index in [1.165, 1.54) is 12.1 Å². The Bertz CT molecular complexity index is 1040. The quantitative estimate of drug-likeness (QED) is 0.546. The van der Waals surface area contributed by atoms with Crippen molar-refractivity contribution in [1.82, 2.24) is 5.32 Å². The maximum absolute atomic E-state index is 12.6. The Morgan fingerprint density at radius 3 is 2.68 bits per heavy atom. The Kier molecular flexibility index (Phi) is 7.52.